The van der Waals surface area contributed by atoms with Crippen LogP contribution in [0.2, 0.25) is 31.2 Å². The van der Waals surface area contributed by atoms with Crippen LogP contribution < -0.4 is 0 Å². The molecular weight excluding hydrogens is 577 g/mol. The Hall–Kier alpha value is -2.20. The van der Waals surface area contributed by atoms with Crippen LogP contribution in [0.1, 0.15) is 59.9 Å². The van der Waals surface area contributed by atoms with Gasteiger partial charge in [-0.1, -0.05) is 67.7 Å². The molecule has 1 aromatic rings. The zero-order valence-electron chi connectivity index (χ0n) is 26.3. The average Bonchev–Trinajstić information content (AvgIpc) is 2.86. The van der Waals surface area contributed by atoms with Crippen LogP contribution in [0, 0.1) is 27.4 Å². The quantitative estimate of drug-likeness (QED) is 0.0543. The van der Waals surface area contributed by atoms with Gasteiger partial charge in [-0.15, -0.1) is 0 Å². The van der Waals surface area contributed by atoms with Gasteiger partial charge in [0.2, 0.25) is 5.91 Å². The Bertz CT molecular complexity index is 1100. The molecular formula is C28H48N2O8Si3. The third-order valence-corrected chi connectivity index (χ3v) is 15.7. The van der Waals surface area contributed by atoms with Crippen LogP contribution in [0.15, 0.2) is 24.3 Å². The zero-order valence-corrected chi connectivity index (χ0v) is 30.1. The lowest BCUT2D eigenvalue weighted by Gasteiger charge is -2.61. The van der Waals surface area contributed by atoms with Crippen molar-refractivity contribution >= 4 is 51.1 Å². The maximum atomic E-state index is 13.9. The SMILES string of the molecule is C[SiH2]OC(O[SiH2]C)C(C)(C)[C@H](C)[C@@H]1C(=O)N([Si](C)(C)C(C)(C)C)[C@@H]1CC(=O)CC(=O)OCc1ccc([N+](=O)[O-])cc1. The predicted octanol–water partition coefficient (Wildman–Crippen LogP) is 4.10. The molecule has 0 unspecified atom stereocenters. The first-order valence-corrected chi connectivity index (χ1v) is 21.3. The summed E-state index contributed by atoms with van der Waals surface area (Å²) in [6.45, 7) is 21.0. The summed E-state index contributed by atoms with van der Waals surface area (Å²) in [5.74, 6) is -1.37. The van der Waals surface area contributed by atoms with Gasteiger partial charge in [0.15, 0.2) is 27.8 Å². The van der Waals surface area contributed by atoms with Crippen molar-refractivity contribution < 1.29 is 32.9 Å². The molecule has 0 saturated carbocycles. The number of amides is 1. The minimum atomic E-state index is -2.31. The number of nitro groups is 1. The number of Topliss-reactive ketones (excluding diaryl/α,β-unsaturated/α-hetero) is 1. The summed E-state index contributed by atoms with van der Waals surface area (Å²) in [6, 6.07) is 5.39. The van der Waals surface area contributed by atoms with Crippen molar-refractivity contribution in [3.05, 3.63) is 39.9 Å². The van der Waals surface area contributed by atoms with Crippen LogP contribution >= 0.6 is 0 Å². The molecule has 0 spiro atoms. The number of rotatable bonds is 15. The second kappa shape index (κ2) is 13.8. The zero-order chi connectivity index (χ0) is 31.3. The van der Waals surface area contributed by atoms with Crippen LogP contribution in [0.25, 0.3) is 0 Å². The Morgan fingerprint density at radius 2 is 1.61 bits per heavy atom. The first kappa shape index (κ1) is 35.0. The van der Waals surface area contributed by atoms with E-state index in [2.05, 4.69) is 67.7 Å². The molecule has 3 atom stereocenters. The maximum absolute atomic E-state index is 13.9. The smallest absolute Gasteiger partial charge is 0.313 e. The van der Waals surface area contributed by atoms with E-state index in [1.165, 1.54) is 24.3 Å². The number of nitrogens with zero attached hydrogens (tertiary/aromatic N) is 2. The Morgan fingerprint density at radius 3 is 2.07 bits per heavy atom. The summed E-state index contributed by atoms with van der Waals surface area (Å²) in [5, 5.41) is 10.7. The number of ketones is 1. The second-order valence-electron chi connectivity index (χ2n) is 13.0. The van der Waals surface area contributed by atoms with E-state index in [0.717, 1.165) is 0 Å². The molecule has 1 aromatic carbocycles. The molecule has 1 aliphatic heterocycles. The van der Waals surface area contributed by atoms with Crippen LogP contribution in [-0.4, -0.2) is 67.2 Å². The molecule has 41 heavy (non-hydrogen) atoms. The first-order chi connectivity index (χ1) is 18.9. The number of hydrogen-bond acceptors (Lipinski definition) is 8. The van der Waals surface area contributed by atoms with Gasteiger partial charge >= 0.3 is 5.97 Å². The molecule has 0 bridgehead atoms. The summed E-state index contributed by atoms with van der Waals surface area (Å²) in [7, 11) is -3.80. The highest BCUT2D eigenvalue weighted by molar-refractivity contribution is 6.80. The summed E-state index contributed by atoms with van der Waals surface area (Å²) < 4.78 is 19.5. The fraction of sp³-hybridized carbons (Fsp3) is 0.679. The molecule has 0 radical (unpaired) electrons. The van der Waals surface area contributed by atoms with Crippen molar-refractivity contribution in [1.29, 1.82) is 0 Å². The largest absolute Gasteiger partial charge is 0.460 e. The molecule has 10 nitrogen and oxygen atoms in total. The summed E-state index contributed by atoms with van der Waals surface area (Å²) in [6.07, 6.45) is -0.704. The van der Waals surface area contributed by atoms with Gasteiger partial charge in [0, 0.05) is 30.0 Å². The van der Waals surface area contributed by atoms with Gasteiger partial charge in [-0.25, -0.2) is 0 Å². The van der Waals surface area contributed by atoms with Crippen molar-refractivity contribution in [2.75, 3.05) is 0 Å². The predicted molar refractivity (Wildman–Crippen MR) is 166 cm³/mol. The number of non-ortho nitro benzene ring substituents is 1. The van der Waals surface area contributed by atoms with Crippen molar-refractivity contribution in [1.82, 2.24) is 4.57 Å². The Labute approximate surface area is 250 Å². The molecule has 1 heterocycles. The Kier molecular flexibility index (Phi) is 11.8. The highest BCUT2D eigenvalue weighted by atomic mass is 28.3. The van der Waals surface area contributed by atoms with Crippen LogP contribution in [0.3, 0.4) is 0 Å². The fourth-order valence-electron chi connectivity index (χ4n) is 5.24. The molecule has 2 rings (SSSR count). The maximum Gasteiger partial charge on any atom is 0.313 e. The molecule has 1 fully saturated rings. The van der Waals surface area contributed by atoms with Gasteiger partial charge in [0.25, 0.3) is 5.69 Å². The summed E-state index contributed by atoms with van der Waals surface area (Å²) in [5.41, 5.74) is 0.0867. The minimum absolute atomic E-state index is 0.0541. The number of carbonyl (C=O) groups excluding carboxylic acids is 3. The first-order valence-electron chi connectivity index (χ1n) is 14.4. The van der Waals surface area contributed by atoms with Crippen molar-refractivity contribution in [2.24, 2.45) is 17.3 Å². The number of nitro benzene ring substituents is 1. The van der Waals surface area contributed by atoms with Crippen LogP contribution in [-0.2, 0) is 34.6 Å². The number of benzene rings is 1. The topological polar surface area (TPSA) is 125 Å². The van der Waals surface area contributed by atoms with E-state index >= 15 is 0 Å². The number of esters is 1. The van der Waals surface area contributed by atoms with E-state index in [1.807, 2.05) is 4.57 Å². The van der Waals surface area contributed by atoms with Crippen molar-refractivity contribution in [3.63, 3.8) is 0 Å². The lowest BCUT2D eigenvalue weighted by molar-refractivity contribution is -0.384. The molecule has 0 N–H and O–H groups in total. The van der Waals surface area contributed by atoms with Crippen molar-refractivity contribution in [2.45, 2.75) is 105 Å². The highest BCUT2D eigenvalue weighted by Gasteiger charge is 2.61. The average molecular weight is 625 g/mol. The normalized spacial score (nSPS) is 20.0. The third-order valence-electron chi connectivity index (χ3n) is 8.99. The van der Waals surface area contributed by atoms with Crippen molar-refractivity contribution in [3.8, 4) is 0 Å². The van der Waals surface area contributed by atoms with Gasteiger partial charge in [-0.05, 0) is 28.7 Å². The molecule has 13 heteroatoms. The van der Waals surface area contributed by atoms with E-state index in [-0.39, 0.29) is 59.6 Å². The molecule has 1 amide bonds. The van der Waals surface area contributed by atoms with Gasteiger partial charge in [0.05, 0.1) is 10.8 Å². The van der Waals surface area contributed by atoms with Gasteiger partial charge < -0.3 is 18.2 Å². The third kappa shape index (κ3) is 8.00. The van der Waals surface area contributed by atoms with E-state index in [1.54, 1.807) is 0 Å². The number of ether oxygens (including phenoxy) is 1. The molecule has 1 aliphatic rings. The Morgan fingerprint density at radius 1 is 1.07 bits per heavy atom. The van der Waals surface area contributed by atoms with Gasteiger partial charge in [-0.2, -0.15) is 0 Å². The van der Waals surface area contributed by atoms with E-state index < -0.39 is 50.5 Å². The van der Waals surface area contributed by atoms with E-state index in [9.17, 15) is 24.5 Å². The molecule has 1 saturated heterocycles. The monoisotopic (exact) mass is 624 g/mol. The molecule has 0 aliphatic carbocycles. The number of β-lactam (4-membered cyclic amide) rings is 1. The number of hydrogen-bond donors (Lipinski definition) is 0. The molecule has 0 aromatic heterocycles. The van der Waals surface area contributed by atoms with Gasteiger partial charge in [-0.3, -0.25) is 24.5 Å². The minimum Gasteiger partial charge on any atom is -0.460 e. The fourth-order valence-corrected chi connectivity index (χ4v) is 9.59. The van der Waals surface area contributed by atoms with Gasteiger partial charge in [0.1, 0.15) is 25.1 Å². The lowest BCUT2D eigenvalue weighted by Crippen LogP contribution is -2.75. The highest BCUT2D eigenvalue weighted by Crippen LogP contribution is 2.51. The number of carbonyl (C=O) groups is 3. The second-order valence-corrected chi connectivity index (χ2v) is 19.9. The van der Waals surface area contributed by atoms with Crippen LogP contribution in [0.5, 0.6) is 0 Å². The summed E-state index contributed by atoms with van der Waals surface area (Å²) >= 11 is 0. The Balaban J connectivity index is 2.21. The molecule has 230 valence electrons. The lowest BCUT2D eigenvalue weighted by atomic mass is 9.66. The van der Waals surface area contributed by atoms with Crippen LogP contribution in [0.4, 0.5) is 5.69 Å². The standard InChI is InChI=1S/C28H48N2O8Si3/c1-18(28(5,6)26(37-39-7)38-40-8)24-22(29(25(24)33)41(9,10)27(2,3)4)15-21(31)16-23(32)36-17-19-11-13-20(14-12-19)30(34)35/h11-14,18,22,24,26H,15-17,39-40H2,1-10H3/t18-,22-,24+/m1/s1. The summed E-state index contributed by atoms with van der Waals surface area (Å²) in [4.78, 5) is 50.0. The van der Waals surface area contributed by atoms with E-state index in [4.69, 9.17) is 13.6 Å². The van der Waals surface area contributed by atoms with E-state index in [0.29, 0.717) is 5.56 Å².